The van der Waals surface area contributed by atoms with Crippen molar-refractivity contribution >= 4 is 17.8 Å². The van der Waals surface area contributed by atoms with Gasteiger partial charge in [-0.25, -0.2) is 5.43 Å². The number of phenols is 1. The molecule has 0 unspecified atom stereocenters. The number of anilines is 1. The number of carbonyl (C=O) groups is 1. The number of morpholine rings is 1. The molecule has 0 aromatic heterocycles. The number of nitrogens with zero attached hydrogens (tertiary/aromatic N) is 2. The highest BCUT2D eigenvalue weighted by Crippen LogP contribution is 2.16. The largest absolute Gasteiger partial charge is 0.507 e. The van der Waals surface area contributed by atoms with E-state index in [0.717, 1.165) is 37.6 Å². The van der Waals surface area contributed by atoms with Gasteiger partial charge in [0.1, 0.15) is 5.75 Å². The number of hydrogen-bond acceptors (Lipinski definition) is 5. The van der Waals surface area contributed by atoms with E-state index in [9.17, 15) is 9.90 Å². The van der Waals surface area contributed by atoms with Crippen LogP contribution in [0.2, 0.25) is 0 Å². The summed E-state index contributed by atoms with van der Waals surface area (Å²) in [6, 6.07) is 14.3. The summed E-state index contributed by atoms with van der Waals surface area (Å²) in [6.45, 7) is 3.29. The second-order valence-corrected chi connectivity index (χ2v) is 5.41. The van der Waals surface area contributed by atoms with Gasteiger partial charge in [0.05, 0.1) is 25.0 Å². The van der Waals surface area contributed by atoms with Crippen molar-refractivity contribution in [1.82, 2.24) is 5.43 Å². The summed E-state index contributed by atoms with van der Waals surface area (Å²) < 4.78 is 5.34. The predicted octanol–water partition coefficient (Wildman–Crippen LogP) is 1.99. The average Bonchev–Trinajstić information content (AvgIpc) is 2.63. The third kappa shape index (κ3) is 3.91. The Bertz CT molecular complexity index is 723. The number of rotatable bonds is 4. The van der Waals surface area contributed by atoms with E-state index in [1.165, 1.54) is 12.1 Å². The number of para-hydroxylation sites is 1. The molecule has 1 saturated heterocycles. The topological polar surface area (TPSA) is 74.2 Å². The Morgan fingerprint density at radius 1 is 1.12 bits per heavy atom. The van der Waals surface area contributed by atoms with Gasteiger partial charge in [0.2, 0.25) is 0 Å². The van der Waals surface area contributed by atoms with E-state index < -0.39 is 5.91 Å². The fourth-order valence-electron chi connectivity index (χ4n) is 2.48. The van der Waals surface area contributed by atoms with Crippen molar-refractivity contribution in [2.75, 3.05) is 31.2 Å². The molecular formula is C18H19N3O3. The SMILES string of the molecule is O=C(N/N=C/c1ccc(N2CCOCC2)cc1)c1ccccc1O. The molecule has 0 saturated carbocycles. The minimum atomic E-state index is -0.450. The molecule has 0 atom stereocenters. The number of hydrogen-bond donors (Lipinski definition) is 2. The molecule has 0 bridgehead atoms. The lowest BCUT2D eigenvalue weighted by atomic mass is 10.2. The van der Waals surface area contributed by atoms with E-state index in [-0.39, 0.29) is 11.3 Å². The van der Waals surface area contributed by atoms with Gasteiger partial charge in [0.15, 0.2) is 0 Å². The van der Waals surface area contributed by atoms with Crippen LogP contribution in [0, 0.1) is 0 Å². The summed E-state index contributed by atoms with van der Waals surface area (Å²) in [7, 11) is 0. The maximum atomic E-state index is 11.9. The van der Waals surface area contributed by atoms with E-state index in [4.69, 9.17) is 4.74 Å². The van der Waals surface area contributed by atoms with Gasteiger partial charge < -0.3 is 14.7 Å². The quantitative estimate of drug-likeness (QED) is 0.666. The highest BCUT2D eigenvalue weighted by molar-refractivity contribution is 5.97. The highest BCUT2D eigenvalue weighted by atomic mass is 16.5. The van der Waals surface area contributed by atoms with Gasteiger partial charge in [0, 0.05) is 18.8 Å². The van der Waals surface area contributed by atoms with Crippen molar-refractivity contribution in [2.45, 2.75) is 0 Å². The Morgan fingerprint density at radius 3 is 2.54 bits per heavy atom. The molecule has 1 aliphatic heterocycles. The number of hydrazone groups is 1. The fourth-order valence-corrected chi connectivity index (χ4v) is 2.48. The number of aromatic hydroxyl groups is 1. The van der Waals surface area contributed by atoms with Crippen LogP contribution in [-0.2, 0) is 4.74 Å². The molecule has 1 heterocycles. The zero-order valence-corrected chi connectivity index (χ0v) is 13.2. The molecule has 0 radical (unpaired) electrons. The zero-order chi connectivity index (χ0) is 16.8. The van der Waals surface area contributed by atoms with Crippen molar-refractivity contribution < 1.29 is 14.6 Å². The molecule has 1 fully saturated rings. The molecule has 0 spiro atoms. The van der Waals surface area contributed by atoms with E-state index in [2.05, 4.69) is 15.4 Å². The van der Waals surface area contributed by atoms with Crippen LogP contribution in [0.1, 0.15) is 15.9 Å². The minimum Gasteiger partial charge on any atom is -0.507 e. The maximum absolute atomic E-state index is 11.9. The van der Waals surface area contributed by atoms with Crippen LogP contribution in [0.25, 0.3) is 0 Å². The Balaban J connectivity index is 1.58. The lowest BCUT2D eigenvalue weighted by Gasteiger charge is -2.28. The van der Waals surface area contributed by atoms with Gasteiger partial charge in [-0.2, -0.15) is 5.10 Å². The molecule has 6 nitrogen and oxygen atoms in total. The van der Waals surface area contributed by atoms with Crippen molar-refractivity contribution in [2.24, 2.45) is 5.10 Å². The van der Waals surface area contributed by atoms with Gasteiger partial charge in [-0.1, -0.05) is 24.3 Å². The minimum absolute atomic E-state index is 0.0694. The molecule has 3 rings (SSSR count). The van der Waals surface area contributed by atoms with Crippen LogP contribution in [0.15, 0.2) is 53.6 Å². The third-order valence-corrected chi connectivity index (χ3v) is 3.80. The van der Waals surface area contributed by atoms with Crippen molar-refractivity contribution in [3.05, 3.63) is 59.7 Å². The highest BCUT2D eigenvalue weighted by Gasteiger charge is 2.11. The Labute approximate surface area is 140 Å². The fraction of sp³-hybridized carbons (Fsp3) is 0.222. The Kier molecular flexibility index (Phi) is 5.08. The number of amides is 1. The van der Waals surface area contributed by atoms with Crippen LogP contribution in [0.4, 0.5) is 5.69 Å². The number of phenolic OH excluding ortho intramolecular Hbond substituents is 1. The van der Waals surface area contributed by atoms with Crippen LogP contribution in [-0.4, -0.2) is 43.5 Å². The van der Waals surface area contributed by atoms with Crippen LogP contribution >= 0.6 is 0 Å². The second-order valence-electron chi connectivity index (χ2n) is 5.41. The van der Waals surface area contributed by atoms with Crippen LogP contribution in [0.3, 0.4) is 0 Å². The van der Waals surface area contributed by atoms with Crippen molar-refractivity contribution in [3.8, 4) is 5.75 Å². The van der Waals surface area contributed by atoms with E-state index in [0.29, 0.717) is 0 Å². The van der Waals surface area contributed by atoms with Crippen molar-refractivity contribution in [3.63, 3.8) is 0 Å². The maximum Gasteiger partial charge on any atom is 0.275 e. The Hall–Kier alpha value is -2.86. The number of benzene rings is 2. The first kappa shape index (κ1) is 16.0. The van der Waals surface area contributed by atoms with E-state index >= 15 is 0 Å². The molecule has 2 aromatic rings. The van der Waals surface area contributed by atoms with Crippen LogP contribution < -0.4 is 10.3 Å². The van der Waals surface area contributed by atoms with Gasteiger partial charge >= 0.3 is 0 Å². The molecule has 0 aliphatic carbocycles. The predicted molar refractivity (Wildman–Crippen MR) is 92.6 cm³/mol. The summed E-state index contributed by atoms with van der Waals surface area (Å²) in [5.74, 6) is -0.519. The zero-order valence-electron chi connectivity index (χ0n) is 13.2. The average molecular weight is 325 g/mol. The van der Waals surface area contributed by atoms with Gasteiger partial charge in [0.25, 0.3) is 5.91 Å². The van der Waals surface area contributed by atoms with E-state index in [1.807, 2.05) is 24.3 Å². The molecule has 1 amide bonds. The first-order valence-corrected chi connectivity index (χ1v) is 7.78. The normalized spacial score (nSPS) is 14.8. The standard InChI is InChI=1S/C18H19N3O3/c22-17-4-2-1-3-16(17)18(23)20-19-13-14-5-7-15(8-6-14)21-9-11-24-12-10-21/h1-8,13,22H,9-12H2,(H,20,23)/b19-13+. The number of ether oxygens (including phenoxy) is 1. The summed E-state index contributed by atoms with van der Waals surface area (Å²) in [5, 5.41) is 13.6. The summed E-state index contributed by atoms with van der Waals surface area (Å²) in [4.78, 5) is 14.2. The van der Waals surface area contributed by atoms with E-state index in [1.54, 1.807) is 18.3 Å². The molecule has 124 valence electrons. The molecule has 6 heteroatoms. The Morgan fingerprint density at radius 2 is 1.83 bits per heavy atom. The molecule has 2 N–H and O–H groups in total. The smallest absolute Gasteiger partial charge is 0.275 e. The molecule has 2 aromatic carbocycles. The summed E-state index contributed by atoms with van der Waals surface area (Å²) in [6.07, 6.45) is 1.57. The third-order valence-electron chi connectivity index (χ3n) is 3.80. The van der Waals surface area contributed by atoms with Gasteiger partial charge in [-0.15, -0.1) is 0 Å². The lowest BCUT2D eigenvalue weighted by molar-refractivity contribution is 0.0952. The van der Waals surface area contributed by atoms with Crippen molar-refractivity contribution in [1.29, 1.82) is 0 Å². The number of carbonyl (C=O) groups excluding carboxylic acids is 1. The monoisotopic (exact) mass is 325 g/mol. The lowest BCUT2D eigenvalue weighted by Crippen LogP contribution is -2.36. The summed E-state index contributed by atoms with van der Waals surface area (Å²) in [5.41, 5.74) is 4.63. The van der Waals surface area contributed by atoms with Gasteiger partial charge in [-0.3, -0.25) is 4.79 Å². The second kappa shape index (κ2) is 7.61. The molecule has 24 heavy (non-hydrogen) atoms. The van der Waals surface area contributed by atoms with Gasteiger partial charge in [-0.05, 0) is 29.8 Å². The first-order chi connectivity index (χ1) is 11.7. The van der Waals surface area contributed by atoms with Crippen LogP contribution in [0.5, 0.6) is 5.75 Å². The first-order valence-electron chi connectivity index (χ1n) is 7.78. The molecule has 1 aliphatic rings. The summed E-state index contributed by atoms with van der Waals surface area (Å²) >= 11 is 0. The number of nitrogens with one attached hydrogen (secondary N) is 1. The molecular weight excluding hydrogens is 306 g/mol.